The topological polar surface area (TPSA) is 100 Å². The van der Waals surface area contributed by atoms with E-state index in [9.17, 15) is 5.11 Å². The Bertz CT molecular complexity index is 1500. The van der Waals surface area contributed by atoms with Crippen LogP contribution >= 0.6 is 11.3 Å². The number of methoxy groups -OCH3 is 2. The molecule has 186 valence electrons. The number of nitrogens with zero attached hydrogens (tertiary/aromatic N) is 3. The summed E-state index contributed by atoms with van der Waals surface area (Å²) in [5, 5.41) is 16.8. The zero-order valence-electron chi connectivity index (χ0n) is 19.9. The second-order valence-electron chi connectivity index (χ2n) is 8.71. The van der Waals surface area contributed by atoms with Crippen LogP contribution in [0.4, 0.5) is 0 Å². The van der Waals surface area contributed by atoms with E-state index in [1.54, 1.807) is 24.9 Å². The Kier molecular flexibility index (Phi) is 5.79. The fourth-order valence-electron chi connectivity index (χ4n) is 4.44. The Morgan fingerprint density at radius 1 is 1.11 bits per heavy atom. The summed E-state index contributed by atoms with van der Waals surface area (Å²) in [7, 11) is 3.19. The largest absolute Gasteiger partial charge is 0.496 e. The smallest absolute Gasteiger partial charge is 0.294 e. The van der Waals surface area contributed by atoms with E-state index in [0.29, 0.717) is 71.4 Å². The summed E-state index contributed by atoms with van der Waals surface area (Å²) in [6.45, 7) is 1.44. The zero-order chi connectivity index (χ0) is 24.7. The van der Waals surface area contributed by atoms with Crippen molar-refractivity contribution in [1.29, 1.82) is 0 Å². The number of aromatic nitrogens is 3. The summed E-state index contributed by atoms with van der Waals surface area (Å²) in [6, 6.07) is 13.5. The Morgan fingerprint density at radius 3 is 2.75 bits per heavy atom. The lowest BCUT2D eigenvalue weighted by Gasteiger charge is -2.32. The first-order valence-electron chi connectivity index (χ1n) is 11.6. The molecule has 1 fully saturated rings. The molecular weight excluding hydrogens is 482 g/mol. The average molecular weight is 508 g/mol. The van der Waals surface area contributed by atoms with E-state index >= 15 is 0 Å². The normalized spacial score (nSPS) is 15.4. The van der Waals surface area contributed by atoms with Crippen LogP contribution in [-0.2, 0) is 16.9 Å². The number of fused-ring (bicyclic) bond motifs is 2. The SMILES string of the molecule is COc1cc(OCc2cccc(C3(O)CCOCC3)c2)c2cc(-c3cn4nc(OC)sc4n3)oc2c1. The summed E-state index contributed by atoms with van der Waals surface area (Å²) < 4.78 is 30.1. The first kappa shape index (κ1) is 22.8. The maximum atomic E-state index is 11.1. The van der Waals surface area contributed by atoms with E-state index in [-0.39, 0.29) is 0 Å². The van der Waals surface area contributed by atoms with E-state index < -0.39 is 5.60 Å². The van der Waals surface area contributed by atoms with Gasteiger partial charge in [0.05, 0.1) is 31.4 Å². The van der Waals surface area contributed by atoms with Gasteiger partial charge in [-0.05, 0) is 34.6 Å². The fraction of sp³-hybridized carbons (Fsp3) is 0.308. The van der Waals surface area contributed by atoms with Gasteiger partial charge < -0.3 is 28.5 Å². The second kappa shape index (κ2) is 9.12. The van der Waals surface area contributed by atoms with E-state index in [1.165, 1.54) is 11.3 Å². The third kappa shape index (κ3) is 4.17. The van der Waals surface area contributed by atoms with Gasteiger partial charge in [0.2, 0.25) is 4.96 Å². The van der Waals surface area contributed by atoms with Crippen LogP contribution in [0.1, 0.15) is 24.0 Å². The van der Waals surface area contributed by atoms with Crippen molar-refractivity contribution in [2.24, 2.45) is 0 Å². The predicted molar refractivity (Wildman–Crippen MR) is 134 cm³/mol. The number of furan rings is 1. The van der Waals surface area contributed by atoms with Crippen molar-refractivity contribution < 1.29 is 28.5 Å². The van der Waals surface area contributed by atoms with Gasteiger partial charge in [-0.1, -0.05) is 18.2 Å². The summed E-state index contributed by atoms with van der Waals surface area (Å²) in [5.74, 6) is 1.86. The number of aliphatic hydroxyl groups is 1. The van der Waals surface area contributed by atoms with Gasteiger partial charge in [-0.15, -0.1) is 5.10 Å². The third-order valence-corrected chi connectivity index (χ3v) is 7.32. The number of hydrogen-bond acceptors (Lipinski definition) is 9. The lowest BCUT2D eigenvalue weighted by Crippen LogP contribution is -2.33. The Morgan fingerprint density at radius 2 is 1.97 bits per heavy atom. The van der Waals surface area contributed by atoms with Crippen LogP contribution in [-0.4, -0.2) is 47.1 Å². The average Bonchev–Trinajstić information content (AvgIpc) is 3.60. The maximum absolute atomic E-state index is 11.1. The summed E-state index contributed by atoms with van der Waals surface area (Å²) in [4.78, 5) is 5.32. The molecule has 9 nitrogen and oxygen atoms in total. The molecule has 1 N–H and O–H groups in total. The highest BCUT2D eigenvalue weighted by Crippen LogP contribution is 2.38. The first-order chi connectivity index (χ1) is 17.5. The molecular formula is C26H25N3O6S. The van der Waals surface area contributed by atoms with Crippen molar-refractivity contribution in [3.8, 4) is 28.1 Å². The predicted octanol–water partition coefficient (Wildman–Crippen LogP) is 4.80. The van der Waals surface area contributed by atoms with Crippen molar-refractivity contribution >= 4 is 27.3 Å². The van der Waals surface area contributed by atoms with E-state index in [1.807, 2.05) is 42.5 Å². The molecule has 1 aliphatic rings. The number of ether oxygens (including phenoxy) is 4. The van der Waals surface area contributed by atoms with Gasteiger partial charge in [0.1, 0.15) is 29.4 Å². The van der Waals surface area contributed by atoms with Gasteiger partial charge in [0.25, 0.3) is 5.19 Å². The Hall–Kier alpha value is -3.60. The molecule has 5 aromatic rings. The monoisotopic (exact) mass is 507 g/mol. The van der Waals surface area contributed by atoms with Crippen molar-refractivity contribution in [3.05, 3.63) is 59.8 Å². The molecule has 0 amide bonds. The quantitative estimate of drug-likeness (QED) is 0.335. The minimum absolute atomic E-state index is 0.327. The van der Waals surface area contributed by atoms with Crippen LogP contribution in [0.2, 0.25) is 0 Å². The standard InChI is InChI=1S/C26H25N3O6S/c1-31-18-11-21(34-15-16-4-3-5-17(10-16)26(30)6-8-33-9-7-26)19-13-23(35-22(19)12-18)20-14-29-24(27-20)36-25(28-29)32-2/h3-5,10-14,30H,6-9,15H2,1-2H3. The summed E-state index contributed by atoms with van der Waals surface area (Å²) in [6.07, 6.45) is 2.97. The molecule has 1 saturated heterocycles. The van der Waals surface area contributed by atoms with Gasteiger partial charge in [0, 0.05) is 38.2 Å². The van der Waals surface area contributed by atoms with Crippen LogP contribution in [0.5, 0.6) is 16.7 Å². The molecule has 4 heterocycles. The Labute approximate surface area is 210 Å². The van der Waals surface area contributed by atoms with E-state index in [4.69, 9.17) is 23.4 Å². The van der Waals surface area contributed by atoms with Crippen molar-refractivity contribution in [1.82, 2.24) is 14.6 Å². The van der Waals surface area contributed by atoms with Gasteiger partial charge in [0.15, 0.2) is 5.76 Å². The van der Waals surface area contributed by atoms with E-state index in [2.05, 4.69) is 10.1 Å². The van der Waals surface area contributed by atoms with Crippen LogP contribution in [0.25, 0.3) is 27.4 Å². The third-order valence-electron chi connectivity index (χ3n) is 6.44. The number of imidazole rings is 1. The molecule has 0 unspecified atom stereocenters. The van der Waals surface area contributed by atoms with E-state index in [0.717, 1.165) is 16.5 Å². The molecule has 0 aliphatic carbocycles. The van der Waals surface area contributed by atoms with Gasteiger partial charge in [-0.3, -0.25) is 0 Å². The molecule has 3 aromatic heterocycles. The maximum Gasteiger partial charge on any atom is 0.294 e. The first-order valence-corrected chi connectivity index (χ1v) is 12.4. The van der Waals surface area contributed by atoms with Crippen LogP contribution < -0.4 is 14.2 Å². The van der Waals surface area contributed by atoms with Gasteiger partial charge in [-0.25, -0.2) is 9.50 Å². The highest BCUT2D eigenvalue weighted by molar-refractivity contribution is 7.18. The van der Waals surface area contributed by atoms with Gasteiger partial charge >= 0.3 is 0 Å². The molecule has 1 aliphatic heterocycles. The number of hydrogen-bond donors (Lipinski definition) is 1. The molecule has 0 atom stereocenters. The van der Waals surface area contributed by atoms with Gasteiger partial charge in [-0.2, -0.15) is 0 Å². The zero-order valence-corrected chi connectivity index (χ0v) is 20.7. The second-order valence-corrected chi connectivity index (χ2v) is 9.62. The molecule has 0 saturated carbocycles. The molecule has 0 radical (unpaired) electrons. The highest BCUT2D eigenvalue weighted by Gasteiger charge is 2.31. The molecule has 10 heteroatoms. The lowest BCUT2D eigenvalue weighted by atomic mass is 9.86. The molecule has 6 rings (SSSR count). The molecule has 2 aromatic carbocycles. The fourth-order valence-corrected chi connectivity index (χ4v) is 5.14. The molecule has 36 heavy (non-hydrogen) atoms. The van der Waals surface area contributed by atoms with Crippen LogP contribution in [0.3, 0.4) is 0 Å². The summed E-state index contributed by atoms with van der Waals surface area (Å²) in [5.41, 5.74) is 2.27. The Balaban J connectivity index is 1.29. The minimum Gasteiger partial charge on any atom is -0.496 e. The van der Waals surface area contributed by atoms with Crippen LogP contribution in [0, 0.1) is 0 Å². The van der Waals surface area contributed by atoms with Crippen molar-refractivity contribution in [3.63, 3.8) is 0 Å². The number of rotatable bonds is 7. The summed E-state index contributed by atoms with van der Waals surface area (Å²) >= 11 is 1.35. The molecule has 0 spiro atoms. The van der Waals surface area contributed by atoms with Crippen molar-refractivity contribution in [2.45, 2.75) is 25.0 Å². The lowest BCUT2D eigenvalue weighted by molar-refractivity contribution is -0.0679. The highest BCUT2D eigenvalue weighted by atomic mass is 32.1. The molecule has 0 bridgehead atoms. The minimum atomic E-state index is -0.867. The van der Waals surface area contributed by atoms with Crippen LogP contribution in [0.15, 0.2) is 53.1 Å². The van der Waals surface area contributed by atoms with Crippen molar-refractivity contribution in [2.75, 3.05) is 27.4 Å². The number of benzene rings is 2.